The van der Waals surface area contributed by atoms with E-state index >= 15 is 0 Å². The molecule has 0 bridgehead atoms. The zero-order valence-electron chi connectivity index (χ0n) is 10.6. The molecule has 0 spiro atoms. The zero-order valence-corrected chi connectivity index (χ0v) is 11.4. The van der Waals surface area contributed by atoms with Crippen LogP contribution in [0.3, 0.4) is 0 Å². The SMILES string of the molecule is O=Cc1cccc(SCCCOc2ccccc2)c1. The van der Waals surface area contributed by atoms with E-state index in [9.17, 15) is 4.79 Å². The minimum atomic E-state index is 0.713. The molecule has 3 heteroatoms. The highest BCUT2D eigenvalue weighted by Crippen LogP contribution is 2.19. The number of hydrogen-bond acceptors (Lipinski definition) is 3. The number of rotatable bonds is 7. The molecule has 0 saturated carbocycles. The van der Waals surface area contributed by atoms with Gasteiger partial charge in [-0.2, -0.15) is 0 Å². The van der Waals surface area contributed by atoms with Crippen molar-refractivity contribution in [1.82, 2.24) is 0 Å². The van der Waals surface area contributed by atoms with Gasteiger partial charge < -0.3 is 4.74 Å². The first-order valence-electron chi connectivity index (χ1n) is 6.24. The van der Waals surface area contributed by atoms with Crippen molar-refractivity contribution in [2.45, 2.75) is 11.3 Å². The number of ether oxygens (including phenoxy) is 1. The van der Waals surface area contributed by atoms with Crippen molar-refractivity contribution in [3.05, 3.63) is 60.2 Å². The summed E-state index contributed by atoms with van der Waals surface area (Å²) >= 11 is 1.75. The first-order chi connectivity index (χ1) is 9.38. The van der Waals surface area contributed by atoms with Crippen LogP contribution in [0.25, 0.3) is 0 Å². The van der Waals surface area contributed by atoms with Gasteiger partial charge in [-0.15, -0.1) is 11.8 Å². The average Bonchev–Trinajstić information content (AvgIpc) is 2.48. The highest BCUT2D eigenvalue weighted by atomic mass is 32.2. The van der Waals surface area contributed by atoms with Gasteiger partial charge in [0.2, 0.25) is 0 Å². The zero-order chi connectivity index (χ0) is 13.3. The molecule has 0 fully saturated rings. The summed E-state index contributed by atoms with van der Waals surface area (Å²) < 4.78 is 5.62. The first kappa shape index (κ1) is 13.7. The molecule has 0 heterocycles. The molecule has 0 radical (unpaired) electrons. The summed E-state index contributed by atoms with van der Waals surface area (Å²) in [6.45, 7) is 0.713. The van der Waals surface area contributed by atoms with Crippen LogP contribution in [0.1, 0.15) is 16.8 Å². The third kappa shape index (κ3) is 4.79. The highest BCUT2D eigenvalue weighted by Gasteiger charge is 1.97. The van der Waals surface area contributed by atoms with Crippen molar-refractivity contribution in [3.63, 3.8) is 0 Å². The highest BCUT2D eigenvalue weighted by molar-refractivity contribution is 7.99. The van der Waals surface area contributed by atoms with Crippen LogP contribution < -0.4 is 4.74 Å². The molecule has 0 atom stereocenters. The number of carbonyl (C=O) groups excluding carboxylic acids is 1. The maximum absolute atomic E-state index is 10.7. The van der Waals surface area contributed by atoms with Crippen molar-refractivity contribution < 1.29 is 9.53 Å². The van der Waals surface area contributed by atoms with Crippen molar-refractivity contribution in [1.29, 1.82) is 0 Å². The summed E-state index contributed by atoms with van der Waals surface area (Å²) in [6.07, 6.45) is 1.85. The Labute approximate surface area is 117 Å². The minimum Gasteiger partial charge on any atom is -0.494 e. The predicted octanol–water partition coefficient (Wildman–Crippen LogP) is 4.06. The number of para-hydroxylation sites is 1. The Bertz CT molecular complexity index is 511. The second kappa shape index (κ2) is 7.64. The molecule has 0 aromatic heterocycles. The molecule has 0 aliphatic rings. The maximum atomic E-state index is 10.7. The van der Waals surface area contributed by atoms with E-state index in [0.29, 0.717) is 6.61 Å². The lowest BCUT2D eigenvalue weighted by Gasteiger charge is -2.05. The summed E-state index contributed by atoms with van der Waals surface area (Å²) in [4.78, 5) is 11.8. The van der Waals surface area contributed by atoms with E-state index in [1.807, 2.05) is 54.6 Å². The van der Waals surface area contributed by atoms with Gasteiger partial charge in [-0.3, -0.25) is 4.79 Å². The smallest absolute Gasteiger partial charge is 0.150 e. The molecule has 98 valence electrons. The lowest BCUT2D eigenvalue weighted by atomic mass is 10.2. The third-order valence-electron chi connectivity index (χ3n) is 2.56. The Morgan fingerprint density at radius 3 is 2.68 bits per heavy atom. The van der Waals surface area contributed by atoms with E-state index in [4.69, 9.17) is 4.74 Å². The topological polar surface area (TPSA) is 26.3 Å². The summed E-state index contributed by atoms with van der Waals surface area (Å²) in [6, 6.07) is 17.5. The standard InChI is InChI=1S/C16H16O2S/c17-13-14-6-4-9-16(12-14)19-11-5-10-18-15-7-2-1-3-8-15/h1-4,6-9,12-13H,5,10-11H2. The summed E-state index contributed by atoms with van der Waals surface area (Å²) in [5.74, 6) is 1.89. The molecule has 0 saturated heterocycles. The lowest BCUT2D eigenvalue weighted by Crippen LogP contribution is -1.98. The third-order valence-corrected chi connectivity index (χ3v) is 3.64. The van der Waals surface area contributed by atoms with Gasteiger partial charge in [0.25, 0.3) is 0 Å². The van der Waals surface area contributed by atoms with Gasteiger partial charge in [0.05, 0.1) is 6.61 Å². The minimum absolute atomic E-state index is 0.713. The summed E-state index contributed by atoms with van der Waals surface area (Å²) in [7, 11) is 0. The van der Waals surface area contributed by atoms with Crippen LogP contribution in [0.5, 0.6) is 5.75 Å². The second-order valence-electron chi connectivity index (χ2n) is 4.05. The first-order valence-corrected chi connectivity index (χ1v) is 7.23. The number of hydrogen-bond donors (Lipinski definition) is 0. The molecule has 0 aliphatic carbocycles. The van der Waals surface area contributed by atoms with Gasteiger partial charge in [0.1, 0.15) is 12.0 Å². The second-order valence-corrected chi connectivity index (χ2v) is 5.22. The van der Waals surface area contributed by atoms with Crippen LogP contribution in [0, 0.1) is 0 Å². The van der Waals surface area contributed by atoms with Gasteiger partial charge in [-0.25, -0.2) is 0 Å². The quantitative estimate of drug-likeness (QED) is 0.432. The Morgan fingerprint density at radius 1 is 1.05 bits per heavy atom. The Hall–Kier alpha value is -1.74. The largest absolute Gasteiger partial charge is 0.494 e. The predicted molar refractivity (Wildman–Crippen MR) is 79.1 cm³/mol. The average molecular weight is 272 g/mol. The monoisotopic (exact) mass is 272 g/mol. The van der Waals surface area contributed by atoms with Crippen molar-refractivity contribution in [3.8, 4) is 5.75 Å². The molecule has 0 unspecified atom stereocenters. The van der Waals surface area contributed by atoms with E-state index in [1.54, 1.807) is 11.8 Å². The molecular weight excluding hydrogens is 256 g/mol. The van der Waals surface area contributed by atoms with Gasteiger partial charge in [0, 0.05) is 16.2 Å². The van der Waals surface area contributed by atoms with E-state index < -0.39 is 0 Å². The normalized spacial score (nSPS) is 10.1. The Balaban J connectivity index is 1.68. The van der Waals surface area contributed by atoms with E-state index in [1.165, 1.54) is 0 Å². The number of aldehydes is 1. The van der Waals surface area contributed by atoms with Crippen LogP contribution in [-0.2, 0) is 0 Å². The Kier molecular flexibility index (Phi) is 5.50. The molecule has 2 rings (SSSR count). The van der Waals surface area contributed by atoms with Gasteiger partial charge >= 0.3 is 0 Å². The molecule has 2 aromatic carbocycles. The fourth-order valence-electron chi connectivity index (χ4n) is 1.63. The summed E-state index contributed by atoms with van der Waals surface area (Å²) in [5, 5.41) is 0. The number of carbonyl (C=O) groups is 1. The number of thioether (sulfide) groups is 1. The fraction of sp³-hybridized carbons (Fsp3) is 0.188. The lowest BCUT2D eigenvalue weighted by molar-refractivity contribution is 0.112. The van der Waals surface area contributed by atoms with Crippen LogP contribution >= 0.6 is 11.8 Å². The van der Waals surface area contributed by atoms with Gasteiger partial charge in [-0.1, -0.05) is 30.3 Å². The molecule has 0 aliphatic heterocycles. The van der Waals surface area contributed by atoms with Crippen LogP contribution in [-0.4, -0.2) is 18.6 Å². The van der Waals surface area contributed by atoms with Crippen molar-refractivity contribution >= 4 is 18.0 Å². The molecule has 0 N–H and O–H groups in total. The maximum Gasteiger partial charge on any atom is 0.150 e. The van der Waals surface area contributed by atoms with E-state index in [0.717, 1.165) is 34.7 Å². The van der Waals surface area contributed by atoms with Crippen LogP contribution in [0.15, 0.2) is 59.5 Å². The molecule has 2 aromatic rings. The molecule has 2 nitrogen and oxygen atoms in total. The van der Waals surface area contributed by atoms with E-state index in [2.05, 4.69) is 0 Å². The Morgan fingerprint density at radius 2 is 1.89 bits per heavy atom. The van der Waals surface area contributed by atoms with Crippen LogP contribution in [0.4, 0.5) is 0 Å². The molecule has 0 amide bonds. The fourth-order valence-corrected chi connectivity index (χ4v) is 2.53. The molecular formula is C16H16O2S. The summed E-state index contributed by atoms with van der Waals surface area (Å²) in [5.41, 5.74) is 0.727. The molecule has 19 heavy (non-hydrogen) atoms. The van der Waals surface area contributed by atoms with Gasteiger partial charge in [-0.05, 0) is 30.7 Å². The van der Waals surface area contributed by atoms with E-state index in [-0.39, 0.29) is 0 Å². The van der Waals surface area contributed by atoms with Crippen LogP contribution in [0.2, 0.25) is 0 Å². The van der Waals surface area contributed by atoms with Crippen molar-refractivity contribution in [2.24, 2.45) is 0 Å². The number of benzene rings is 2. The van der Waals surface area contributed by atoms with Gasteiger partial charge in [0.15, 0.2) is 0 Å². The van der Waals surface area contributed by atoms with Crippen molar-refractivity contribution in [2.75, 3.05) is 12.4 Å².